The number of nitrogens with zero attached hydrogens (tertiary/aromatic N) is 2. The highest BCUT2D eigenvalue weighted by Gasteiger charge is 2.32. The third-order valence-corrected chi connectivity index (χ3v) is 5.49. The van der Waals surface area contributed by atoms with Gasteiger partial charge in [-0.1, -0.05) is 54.1 Å². The molecule has 3 aromatic rings. The highest BCUT2D eigenvalue weighted by Crippen LogP contribution is 2.23. The van der Waals surface area contributed by atoms with Crippen molar-refractivity contribution in [1.29, 1.82) is 0 Å². The van der Waals surface area contributed by atoms with Crippen LogP contribution in [-0.4, -0.2) is 33.7 Å². The number of amides is 2. The summed E-state index contributed by atoms with van der Waals surface area (Å²) in [4.78, 5) is 30.1. The molecule has 32 heavy (non-hydrogen) atoms. The number of carbonyl (C=O) groups is 2. The zero-order chi connectivity index (χ0) is 23.3. The van der Waals surface area contributed by atoms with Gasteiger partial charge in [-0.15, -0.1) is 0 Å². The molecular formula is C26H29ClN2O3. The Kier molecular flexibility index (Phi) is 7.41. The zero-order valence-electron chi connectivity index (χ0n) is 19.0. The van der Waals surface area contributed by atoms with Crippen molar-refractivity contribution < 1.29 is 14.0 Å². The topological polar surface area (TPSA) is 53.8 Å². The van der Waals surface area contributed by atoms with Crippen molar-refractivity contribution in [3.05, 3.63) is 94.4 Å². The predicted octanol–water partition coefficient (Wildman–Crippen LogP) is 5.71. The normalized spacial score (nSPS) is 11.3. The van der Waals surface area contributed by atoms with E-state index in [9.17, 15) is 9.59 Å². The molecule has 0 radical (unpaired) electrons. The van der Waals surface area contributed by atoms with Crippen molar-refractivity contribution in [2.45, 2.75) is 46.3 Å². The molecule has 1 aromatic heterocycles. The first-order valence-electron chi connectivity index (χ1n) is 10.6. The summed E-state index contributed by atoms with van der Waals surface area (Å²) in [5.41, 5.74) is 0.808. The van der Waals surface area contributed by atoms with E-state index in [0.717, 1.165) is 11.3 Å². The van der Waals surface area contributed by atoms with Crippen LogP contribution in [0.2, 0.25) is 5.02 Å². The lowest BCUT2D eigenvalue weighted by Gasteiger charge is -2.37. The SMILES string of the molecule is Cc1ccc(CN(Cc2ccccc2)C(=O)CN(C(=O)c2ccccc2Cl)C(C)(C)C)o1. The molecule has 1 heterocycles. The molecule has 168 valence electrons. The fraction of sp³-hybridized carbons (Fsp3) is 0.308. The Morgan fingerprint density at radius 3 is 2.16 bits per heavy atom. The molecule has 0 saturated heterocycles. The van der Waals surface area contributed by atoms with E-state index in [-0.39, 0.29) is 18.4 Å². The summed E-state index contributed by atoms with van der Waals surface area (Å²) in [6.07, 6.45) is 0. The Hall–Kier alpha value is -3.05. The van der Waals surface area contributed by atoms with E-state index in [1.807, 2.05) is 70.2 Å². The molecule has 0 atom stereocenters. The van der Waals surface area contributed by atoms with E-state index in [1.54, 1.807) is 34.1 Å². The summed E-state index contributed by atoms with van der Waals surface area (Å²) < 4.78 is 5.71. The molecule has 0 saturated carbocycles. The first kappa shape index (κ1) is 23.6. The van der Waals surface area contributed by atoms with E-state index in [0.29, 0.717) is 29.4 Å². The molecule has 0 bridgehead atoms. The molecule has 2 aromatic carbocycles. The van der Waals surface area contributed by atoms with Crippen molar-refractivity contribution in [1.82, 2.24) is 9.80 Å². The Balaban J connectivity index is 1.87. The summed E-state index contributed by atoms with van der Waals surface area (Å²) in [5, 5.41) is 0.367. The Morgan fingerprint density at radius 1 is 0.906 bits per heavy atom. The summed E-state index contributed by atoms with van der Waals surface area (Å²) in [5.74, 6) is 1.05. The molecule has 0 spiro atoms. The summed E-state index contributed by atoms with van der Waals surface area (Å²) in [6.45, 7) is 8.26. The van der Waals surface area contributed by atoms with Gasteiger partial charge in [0.15, 0.2) is 0 Å². The van der Waals surface area contributed by atoms with Crippen LogP contribution in [0.25, 0.3) is 0 Å². The van der Waals surface area contributed by atoms with Gasteiger partial charge in [0, 0.05) is 12.1 Å². The lowest BCUT2D eigenvalue weighted by atomic mass is 10.0. The second kappa shape index (κ2) is 10.0. The summed E-state index contributed by atoms with van der Waals surface area (Å²) >= 11 is 6.27. The molecule has 0 aliphatic carbocycles. The van der Waals surface area contributed by atoms with Gasteiger partial charge in [0.05, 0.1) is 17.1 Å². The molecule has 6 heteroatoms. The van der Waals surface area contributed by atoms with Crippen molar-refractivity contribution in [2.75, 3.05) is 6.54 Å². The molecule has 3 rings (SSSR count). The maximum Gasteiger partial charge on any atom is 0.256 e. The number of hydrogen-bond acceptors (Lipinski definition) is 3. The molecule has 0 N–H and O–H groups in total. The number of aryl methyl sites for hydroxylation is 1. The molecule has 2 amide bonds. The summed E-state index contributed by atoms with van der Waals surface area (Å²) in [6, 6.07) is 20.4. The minimum absolute atomic E-state index is 0.0694. The van der Waals surface area contributed by atoms with Crippen LogP contribution in [0.1, 0.15) is 48.2 Å². The van der Waals surface area contributed by atoms with Crippen LogP contribution in [0.4, 0.5) is 0 Å². The van der Waals surface area contributed by atoms with Gasteiger partial charge < -0.3 is 14.2 Å². The van der Waals surface area contributed by atoms with Gasteiger partial charge in [0.1, 0.15) is 18.1 Å². The van der Waals surface area contributed by atoms with Gasteiger partial charge in [-0.2, -0.15) is 0 Å². The molecule has 0 unspecified atom stereocenters. The molecule has 0 fully saturated rings. The zero-order valence-corrected chi connectivity index (χ0v) is 19.7. The van der Waals surface area contributed by atoms with Crippen LogP contribution in [0.3, 0.4) is 0 Å². The highest BCUT2D eigenvalue weighted by atomic mass is 35.5. The fourth-order valence-electron chi connectivity index (χ4n) is 3.42. The second-order valence-electron chi connectivity index (χ2n) is 8.79. The van der Waals surface area contributed by atoms with E-state index >= 15 is 0 Å². The van der Waals surface area contributed by atoms with Crippen LogP contribution in [-0.2, 0) is 17.9 Å². The Labute approximate surface area is 194 Å². The molecule has 0 aliphatic heterocycles. The number of carbonyl (C=O) groups excluding carboxylic acids is 2. The highest BCUT2D eigenvalue weighted by molar-refractivity contribution is 6.33. The van der Waals surface area contributed by atoms with Crippen molar-refractivity contribution in [3.8, 4) is 0 Å². The minimum atomic E-state index is -0.578. The molecule has 0 aliphatic rings. The first-order valence-corrected chi connectivity index (χ1v) is 11.0. The predicted molar refractivity (Wildman–Crippen MR) is 126 cm³/mol. The van der Waals surface area contributed by atoms with Gasteiger partial charge in [0.2, 0.25) is 5.91 Å². The van der Waals surface area contributed by atoms with Crippen molar-refractivity contribution in [2.24, 2.45) is 0 Å². The maximum absolute atomic E-state index is 13.5. The van der Waals surface area contributed by atoms with Crippen molar-refractivity contribution >= 4 is 23.4 Å². The minimum Gasteiger partial charge on any atom is -0.464 e. The second-order valence-corrected chi connectivity index (χ2v) is 9.20. The molecule has 5 nitrogen and oxygen atoms in total. The van der Waals surface area contributed by atoms with E-state index in [1.165, 1.54) is 0 Å². The van der Waals surface area contributed by atoms with Gasteiger partial charge in [-0.25, -0.2) is 0 Å². The Bertz CT molecular complexity index is 1070. The summed E-state index contributed by atoms with van der Waals surface area (Å²) in [7, 11) is 0. The van der Waals surface area contributed by atoms with Gasteiger partial charge in [-0.05, 0) is 57.5 Å². The lowest BCUT2D eigenvalue weighted by molar-refractivity contribution is -0.134. The third-order valence-electron chi connectivity index (χ3n) is 5.16. The van der Waals surface area contributed by atoms with E-state index < -0.39 is 5.54 Å². The average Bonchev–Trinajstić information content (AvgIpc) is 3.16. The number of benzene rings is 2. The number of furan rings is 1. The van der Waals surface area contributed by atoms with Crippen LogP contribution in [0.5, 0.6) is 0 Å². The standard InChI is InChI=1S/C26H29ClN2O3/c1-19-14-15-21(32-19)17-28(16-20-10-6-5-7-11-20)24(30)18-29(26(2,3)4)25(31)22-12-8-9-13-23(22)27/h5-15H,16-18H2,1-4H3. The number of hydrogen-bond donors (Lipinski definition) is 0. The van der Waals surface area contributed by atoms with Gasteiger partial charge >= 0.3 is 0 Å². The lowest BCUT2D eigenvalue weighted by Crippen LogP contribution is -2.51. The largest absolute Gasteiger partial charge is 0.464 e. The average molecular weight is 453 g/mol. The van der Waals surface area contributed by atoms with Crippen LogP contribution < -0.4 is 0 Å². The third kappa shape index (κ3) is 6.01. The van der Waals surface area contributed by atoms with E-state index in [4.69, 9.17) is 16.0 Å². The van der Waals surface area contributed by atoms with Crippen molar-refractivity contribution in [3.63, 3.8) is 0 Å². The monoisotopic (exact) mass is 452 g/mol. The number of halogens is 1. The van der Waals surface area contributed by atoms with Crippen LogP contribution in [0.15, 0.2) is 71.1 Å². The Morgan fingerprint density at radius 2 is 1.56 bits per heavy atom. The smallest absolute Gasteiger partial charge is 0.256 e. The van der Waals surface area contributed by atoms with Crippen LogP contribution >= 0.6 is 11.6 Å². The van der Waals surface area contributed by atoms with E-state index in [2.05, 4.69) is 0 Å². The van der Waals surface area contributed by atoms with Gasteiger partial charge in [-0.3, -0.25) is 9.59 Å². The number of rotatable bonds is 7. The quantitative estimate of drug-likeness (QED) is 0.461. The molecular weight excluding hydrogens is 424 g/mol. The maximum atomic E-state index is 13.5. The van der Waals surface area contributed by atoms with Gasteiger partial charge in [0.25, 0.3) is 5.91 Å². The van der Waals surface area contributed by atoms with Crippen LogP contribution in [0, 0.1) is 6.92 Å². The fourth-order valence-corrected chi connectivity index (χ4v) is 3.64. The first-order chi connectivity index (χ1) is 15.1.